The van der Waals surface area contributed by atoms with Crippen LogP contribution in [-0.2, 0) is 0 Å². The third-order valence-electron chi connectivity index (χ3n) is 3.61. The van der Waals surface area contributed by atoms with Crippen molar-refractivity contribution in [2.75, 3.05) is 6.54 Å². The molecular formula is C20H14Cl2N2O2. The quantitative estimate of drug-likeness (QED) is 0.663. The van der Waals surface area contributed by atoms with Crippen LogP contribution >= 0.6 is 23.2 Å². The van der Waals surface area contributed by atoms with E-state index in [4.69, 9.17) is 27.7 Å². The molecule has 1 amide bonds. The van der Waals surface area contributed by atoms with Crippen molar-refractivity contribution in [1.82, 2.24) is 10.5 Å². The molecule has 1 heterocycles. The highest BCUT2D eigenvalue weighted by Gasteiger charge is 2.22. The van der Waals surface area contributed by atoms with Gasteiger partial charge in [0.1, 0.15) is 17.0 Å². The highest BCUT2D eigenvalue weighted by Crippen LogP contribution is 2.30. The Kier molecular flexibility index (Phi) is 5.62. The molecule has 4 nitrogen and oxygen atoms in total. The highest BCUT2D eigenvalue weighted by molar-refractivity contribution is 6.33. The lowest BCUT2D eigenvalue weighted by Crippen LogP contribution is -2.24. The molecule has 1 N–H and O–H groups in total. The zero-order chi connectivity index (χ0) is 18.5. The maximum Gasteiger partial charge on any atom is 0.257 e. The summed E-state index contributed by atoms with van der Waals surface area (Å²) in [4.78, 5) is 12.6. The van der Waals surface area contributed by atoms with Gasteiger partial charge < -0.3 is 9.84 Å². The maximum absolute atomic E-state index is 12.6. The van der Waals surface area contributed by atoms with Gasteiger partial charge in [0, 0.05) is 16.1 Å². The molecule has 1 aromatic heterocycles. The number of nitrogens with one attached hydrogen (secondary N) is 1. The number of aromatic nitrogens is 1. The topological polar surface area (TPSA) is 55.1 Å². The molecule has 26 heavy (non-hydrogen) atoms. The lowest BCUT2D eigenvalue weighted by Gasteiger charge is -2.04. The zero-order valence-electron chi connectivity index (χ0n) is 13.8. The fraction of sp³-hybridized carbons (Fsp3) is 0.100. The second kappa shape index (κ2) is 8.09. The molecule has 0 spiro atoms. The molecule has 0 aliphatic carbocycles. The van der Waals surface area contributed by atoms with Crippen molar-refractivity contribution in [3.8, 4) is 23.1 Å². The summed E-state index contributed by atoms with van der Waals surface area (Å²) in [5.41, 5.74) is 2.18. The van der Waals surface area contributed by atoms with Crippen molar-refractivity contribution in [1.29, 1.82) is 0 Å². The van der Waals surface area contributed by atoms with Crippen LogP contribution in [0.1, 0.15) is 21.7 Å². The summed E-state index contributed by atoms with van der Waals surface area (Å²) in [5.74, 6) is 5.94. The first-order valence-corrected chi connectivity index (χ1v) is 8.55. The number of hydrogen-bond donors (Lipinski definition) is 1. The van der Waals surface area contributed by atoms with E-state index in [-0.39, 0.29) is 12.5 Å². The molecule has 0 unspecified atom stereocenters. The predicted molar refractivity (Wildman–Crippen MR) is 102 cm³/mol. The van der Waals surface area contributed by atoms with Crippen molar-refractivity contribution in [2.24, 2.45) is 0 Å². The zero-order valence-corrected chi connectivity index (χ0v) is 15.4. The van der Waals surface area contributed by atoms with Gasteiger partial charge in [0.15, 0.2) is 0 Å². The second-order valence-electron chi connectivity index (χ2n) is 5.44. The van der Waals surface area contributed by atoms with Crippen LogP contribution in [-0.4, -0.2) is 17.6 Å². The minimum absolute atomic E-state index is 0.179. The number of nitrogens with zero attached hydrogens (tertiary/aromatic N) is 1. The van der Waals surface area contributed by atoms with E-state index in [0.29, 0.717) is 32.6 Å². The van der Waals surface area contributed by atoms with Crippen molar-refractivity contribution < 1.29 is 9.32 Å². The van der Waals surface area contributed by atoms with Crippen LogP contribution in [0.2, 0.25) is 10.0 Å². The van der Waals surface area contributed by atoms with E-state index in [0.717, 1.165) is 5.56 Å². The number of carbonyl (C=O) groups is 1. The van der Waals surface area contributed by atoms with Crippen LogP contribution in [0.3, 0.4) is 0 Å². The molecule has 0 saturated heterocycles. The van der Waals surface area contributed by atoms with E-state index in [2.05, 4.69) is 22.3 Å². The van der Waals surface area contributed by atoms with Gasteiger partial charge in [0.2, 0.25) is 0 Å². The first kappa shape index (κ1) is 18.1. The van der Waals surface area contributed by atoms with Crippen molar-refractivity contribution in [3.05, 3.63) is 75.5 Å². The van der Waals surface area contributed by atoms with E-state index in [1.807, 2.05) is 24.3 Å². The standard InChI is InChI=1S/C20H14Cl2N2O2/c1-13-18(19(24-26-13)16-9-2-3-10-17(16)22)20(25)23-11-5-7-14-6-4-8-15(21)12-14/h2-4,6,8-10,12H,11H2,1H3,(H,23,25). The molecule has 3 rings (SSSR count). The summed E-state index contributed by atoms with van der Waals surface area (Å²) < 4.78 is 5.19. The summed E-state index contributed by atoms with van der Waals surface area (Å²) in [6, 6.07) is 14.4. The Balaban J connectivity index is 1.75. The molecule has 0 aliphatic rings. The van der Waals surface area contributed by atoms with Gasteiger partial charge in [-0.3, -0.25) is 4.79 Å². The van der Waals surface area contributed by atoms with E-state index >= 15 is 0 Å². The van der Waals surface area contributed by atoms with E-state index < -0.39 is 0 Å². The second-order valence-corrected chi connectivity index (χ2v) is 6.28. The fourth-order valence-corrected chi connectivity index (χ4v) is 2.82. The fourth-order valence-electron chi connectivity index (χ4n) is 2.40. The van der Waals surface area contributed by atoms with Crippen molar-refractivity contribution >= 4 is 29.1 Å². The first-order chi connectivity index (χ1) is 12.6. The SMILES string of the molecule is Cc1onc(-c2ccccc2Cl)c1C(=O)NCC#Cc1cccc(Cl)c1. The molecule has 3 aromatic rings. The Labute approximate surface area is 161 Å². The van der Waals surface area contributed by atoms with Gasteiger partial charge in [-0.05, 0) is 31.2 Å². The average Bonchev–Trinajstić information content (AvgIpc) is 3.00. The minimum atomic E-state index is -0.320. The van der Waals surface area contributed by atoms with Crippen LogP contribution in [0.5, 0.6) is 0 Å². The lowest BCUT2D eigenvalue weighted by molar-refractivity contribution is 0.0957. The summed E-state index contributed by atoms with van der Waals surface area (Å²) >= 11 is 12.1. The summed E-state index contributed by atoms with van der Waals surface area (Å²) in [5, 5.41) is 7.85. The first-order valence-electron chi connectivity index (χ1n) is 7.80. The van der Waals surface area contributed by atoms with Crippen LogP contribution in [0.25, 0.3) is 11.3 Å². The van der Waals surface area contributed by atoms with Crippen LogP contribution in [0, 0.1) is 18.8 Å². The van der Waals surface area contributed by atoms with Crippen LogP contribution in [0.15, 0.2) is 53.1 Å². The van der Waals surface area contributed by atoms with E-state index in [1.165, 1.54) is 0 Å². The molecule has 0 fully saturated rings. The Morgan fingerprint density at radius 3 is 2.77 bits per heavy atom. The van der Waals surface area contributed by atoms with Gasteiger partial charge in [0.05, 0.1) is 11.6 Å². The Morgan fingerprint density at radius 1 is 1.19 bits per heavy atom. The number of benzene rings is 2. The molecule has 0 saturated carbocycles. The summed E-state index contributed by atoms with van der Waals surface area (Å²) in [6.45, 7) is 1.86. The Bertz CT molecular complexity index is 1020. The van der Waals surface area contributed by atoms with Gasteiger partial charge in [-0.25, -0.2) is 0 Å². The van der Waals surface area contributed by atoms with Gasteiger partial charge in [-0.2, -0.15) is 0 Å². The minimum Gasteiger partial charge on any atom is -0.360 e. The number of hydrogen-bond acceptors (Lipinski definition) is 3. The number of amides is 1. The van der Waals surface area contributed by atoms with Gasteiger partial charge >= 0.3 is 0 Å². The highest BCUT2D eigenvalue weighted by atomic mass is 35.5. The van der Waals surface area contributed by atoms with Gasteiger partial charge in [-0.15, -0.1) is 0 Å². The summed E-state index contributed by atoms with van der Waals surface area (Å²) in [6.07, 6.45) is 0. The predicted octanol–water partition coefficient (Wildman–Crippen LogP) is 4.74. The normalized spacial score (nSPS) is 10.1. The average molecular weight is 385 g/mol. The van der Waals surface area contributed by atoms with Gasteiger partial charge in [0.25, 0.3) is 5.91 Å². The lowest BCUT2D eigenvalue weighted by atomic mass is 10.1. The number of rotatable bonds is 3. The van der Waals surface area contributed by atoms with Crippen LogP contribution < -0.4 is 5.32 Å². The number of halogens is 2. The maximum atomic E-state index is 12.6. The van der Waals surface area contributed by atoms with E-state index in [1.54, 1.807) is 31.2 Å². The molecule has 130 valence electrons. The molecular weight excluding hydrogens is 371 g/mol. The van der Waals surface area contributed by atoms with Crippen molar-refractivity contribution in [2.45, 2.75) is 6.92 Å². The monoisotopic (exact) mass is 384 g/mol. The molecule has 6 heteroatoms. The molecule has 0 aliphatic heterocycles. The third-order valence-corrected chi connectivity index (χ3v) is 4.18. The summed E-state index contributed by atoms with van der Waals surface area (Å²) in [7, 11) is 0. The Morgan fingerprint density at radius 2 is 2.00 bits per heavy atom. The smallest absolute Gasteiger partial charge is 0.257 e. The van der Waals surface area contributed by atoms with E-state index in [9.17, 15) is 4.79 Å². The number of aryl methyl sites for hydroxylation is 1. The molecule has 2 aromatic carbocycles. The van der Waals surface area contributed by atoms with Crippen LogP contribution in [0.4, 0.5) is 0 Å². The Hall–Kier alpha value is -2.74. The van der Waals surface area contributed by atoms with Gasteiger partial charge in [-0.1, -0.05) is 64.5 Å². The molecule has 0 atom stereocenters. The molecule has 0 bridgehead atoms. The third kappa shape index (κ3) is 4.08. The molecule has 0 radical (unpaired) electrons. The van der Waals surface area contributed by atoms with Crippen molar-refractivity contribution in [3.63, 3.8) is 0 Å². The number of carbonyl (C=O) groups excluding carboxylic acids is 1. The largest absolute Gasteiger partial charge is 0.360 e.